The number of carbonyl (C=O) groups is 1. The summed E-state index contributed by atoms with van der Waals surface area (Å²) in [5.74, 6) is -9.34. The van der Waals surface area contributed by atoms with Gasteiger partial charge in [-0.3, -0.25) is 4.79 Å². The number of rotatable bonds is 3. The van der Waals surface area contributed by atoms with Crippen LogP contribution in [0.5, 0.6) is 11.6 Å². The van der Waals surface area contributed by atoms with E-state index in [-0.39, 0.29) is 57.0 Å². The van der Waals surface area contributed by atoms with Gasteiger partial charge in [0.1, 0.15) is 17.6 Å². The van der Waals surface area contributed by atoms with E-state index in [9.17, 15) is 31.1 Å². The molecular formula is C29H27F7N6O3. The highest BCUT2D eigenvalue weighted by Gasteiger charge is 2.53. The summed E-state index contributed by atoms with van der Waals surface area (Å²) in [6.45, 7) is 5.55. The largest absolute Gasteiger partial charge is 0.573 e. The van der Waals surface area contributed by atoms with Crippen molar-refractivity contribution in [2.24, 2.45) is 0 Å². The lowest BCUT2D eigenvalue weighted by Crippen LogP contribution is -2.66. The molecular weight excluding hydrogens is 613 g/mol. The van der Waals surface area contributed by atoms with Crippen molar-refractivity contribution in [2.45, 2.75) is 82.1 Å². The molecule has 2 aromatic heterocycles. The molecule has 9 nitrogen and oxygen atoms in total. The number of pyridine rings is 2. The second-order valence-electron chi connectivity index (χ2n) is 12.4. The number of nitrogens with two attached hydrogens (primary N) is 1. The standard InChI is InChI=1S/C29H27F7N6O3/c1-10-17-18-24(39-20(10)16-8-28(32,33)26(43)38-16)42-9-27(3)5-4-15(41-27)22(42)11(2)44-25(18)40-21(19(17)31)13-6-12(37)7-14(30)23(13)45-29(34,35)36/h6-7,11,15-16,22,41H,4-5,8-9,37H2,1-3H3,(H,38,43)/t11-,15-,16?,22+,27+/m0/s1. The van der Waals surface area contributed by atoms with Crippen molar-refractivity contribution in [1.82, 2.24) is 20.6 Å². The summed E-state index contributed by atoms with van der Waals surface area (Å²) in [7, 11) is 0. The zero-order valence-electron chi connectivity index (χ0n) is 24.1. The number of fused-ring (bicyclic) bond motifs is 5. The van der Waals surface area contributed by atoms with E-state index in [1.165, 1.54) is 6.92 Å². The van der Waals surface area contributed by atoms with Crippen LogP contribution in [0, 0.1) is 18.6 Å². The zero-order chi connectivity index (χ0) is 32.4. The van der Waals surface area contributed by atoms with Crippen LogP contribution in [-0.2, 0) is 4.79 Å². The normalized spacial score (nSPS) is 28.5. The third kappa shape index (κ3) is 4.58. The molecule has 16 heteroatoms. The second kappa shape index (κ2) is 9.47. The minimum atomic E-state index is -5.35. The molecule has 1 unspecified atom stereocenters. The van der Waals surface area contributed by atoms with E-state index in [1.807, 2.05) is 11.8 Å². The lowest BCUT2D eigenvalue weighted by atomic mass is 9.94. The summed E-state index contributed by atoms with van der Waals surface area (Å²) < 4.78 is 111. The first-order valence-electron chi connectivity index (χ1n) is 14.2. The molecule has 3 fully saturated rings. The average Bonchev–Trinajstić information content (AvgIpc) is 3.34. The number of carbonyl (C=O) groups excluding carboxylic acids is 1. The number of anilines is 2. The van der Waals surface area contributed by atoms with Gasteiger partial charge >= 0.3 is 12.3 Å². The highest BCUT2D eigenvalue weighted by Crippen LogP contribution is 2.50. The van der Waals surface area contributed by atoms with E-state index in [2.05, 4.69) is 20.4 Å². The van der Waals surface area contributed by atoms with E-state index < -0.39 is 65.4 Å². The molecule has 4 N–H and O–H groups in total. The SMILES string of the molecule is Cc1c(C2CC(F)(F)C(=O)N2)nc2c3c(nc(-c4cc(N)cc(F)c4OC(F)(F)F)c(F)c13)O[C@@H](C)[C@@H]1[C@@H]3CC[C@](C)(CN21)N3. The molecule has 0 radical (unpaired) electrons. The summed E-state index contributed by atoms with van der Waals surface area (Å²) in [6, 6.07) is -0.328. The number of alkyl halides is 5. The lowest BCUT2D eigenvalue weighted by Gasteiger charge is -2.46. The number of hydrogen-bond donors (Lipinski definition) is 3. The molecule has 0 saturated carbocycles. The Morgan fingerprint density at radius 3 is 2.58 bits per heavy atom. The van der Waals surface area contributed by atoms with Gasteiger partial charge in [0, 0.05) is 41.7 Å². The number of piperazine rings is 1. The molecule has 7 rings (SSSR count). The number of amides is 1. The van der Waals surface area contributed by atoms with Crippen molar-refractivity contribution in [1.29, 1.82) is 0 Å². The van der Waals surface area contributed by atoms with Crippen LogP contribution in [0.15, 0.2) is 12.1 Å². The summed E-state index contributed by atoms with van der Waals surface area (Å²) >= 11 is 0. The smallest absolute Gasteiger partial charge is 0.472 e. The van der Waals surface area contributed by atoms with Crippen LogP contribution in [-0.4, -0.2) is 58.4 Å². The van der Waals surface area contributed by atoms with Crippen LogP contribution >= 0.6 is 0 Å². The topological polar surface area (TPSA) is 115 Å². The molecule has 45 heavy (non-hydrogen) atoms. The minimum absolute atomic E-state index is 0.0147. The molecule has 1 aromatic carbocycles. The fraction of sp³-hybridized carbons (Fsp3) is 0.483. The molecule has 3 aromatic rings. The monoisotopic (exact) mass is 640 g/mol. The average molecular weight is 641 g/mol. The number of nitrogens with zero attached hydrogens (tertiary/aromatic N) is 3. The second-order valence-corrected chi connectivity index (χ2v) is 12.4. The van der Waals surface area contributed by atoms with Gasteiger partial charge in [0.25, 0.3) is 5.91 Å². The molecule has 240 valence electrons. The molecule has 5 atom stereocenters. The Balaban J connectivity index is 1.54. The Kier molecular flexibility index (Phi) is 6.23. The van der Waals surface area contributed by atoms with Crippen molar-refractivity contribution >= 4 is 28.2 Å². The van der Waals surface area contributed by atoms with Gasteiger partial charge in [0.05, 0.1) is 28.7 Å². The minimum Gasteiger partial charge on any atom is -0.472 e. The van der Waals surface area contributed by atoms with Gasteiger partial charge in [-0.15, -0.1) is 13.2 Å². The zero-order valence-corrected chi connectivity index (χ0v) is 24.1. The van der Waals surface area contributed by atoms with Gasteiger partial charge in [-0.2, -0.15) is 8.78 Å². The number of hydrogen-bond acceptors (Lipinski definition) is 8. The first-order valence-corrected chi connectivity index (χ1v) is 14.2. The van der Waals surface area contributed by atoms with Gasteiger partial charge in [-0.25, -0.2) is 18.7 Å². The van der Waals surface area contributed by atoms with E-state index in [0.717, 1.165) is 18.9 Å². The molecule has 0 aliphatic carbocycles. The van der Waals surface area contributed by atoms with Crippen LogP contribution in [0.3, 0.4) is 0 Å². The van der Waals surface area contributed by atoms with Crippen LogP contribution in [0.1, 0.15) is 50.4 Å². The quantitative estimate of drug-likeness (QED) is 0.270. The third-order valence-electron chi connectivity index (χ3n) is 9.16. The number of ether oxygens (including phenoxy) is 2. The van der Waals surface area contributed by atoms with E-state index in [1.54, 1.807) is 6.92 Å². The number of aromatic nitrogens is 2. The number of aryl methyl sites for hydroxylation is 1. The van der Waals surface area contributed by atoms with Gasteiger partial charge in [-0.05, 0) is 45.2 Å². The molecule has 3 saturated heterocycles. The van der Waals surface area contributed by atoms with Crippen LogP contribution in [0.4, 0.5) is 42.2 Å². The van der Waals surface area contributed by atoms with Crippen molar-refractivity contribution in [3.8, 4) is 22.9 Å². The van der Waals surface area contributed by atoms with Gasteiger partial charge in [0.15, 0.2) is 17.4 Å². The van der Waals surface area contributed by atoms with Crippen molar-refractivity contribution < 1.29 is 45.0 Å². The molecule has 0 spiro atoms. The summed E-state index contributed by atoms with van der Waals surface area (Å²) in [5, 5.41) is 5.65. The summed E-state index contributed by atoms with van der Waals surface area (Å²) in [4.78, 5) is 23.1. The number of nitrogen functional groups attached to an aromatic ring is 1. The highest BCUT2D eigenvalue weighted by atomic mass is 19.4. The maximum absolute atomic E-state index is 16.9. The van der Waals surface area contributed by atoms with Crippen molar-refractivity contribution in [3.63, 3.8) is 0 Å². The van der Waals surface area contributed by atoms with Gasteiger partial charge < -0.3 is 30.7 Å². The fourth-order valence-corrected chi connectivity index (χ4v) is 7.32. The molecule has 4 aliphatic heterocycles. The first kappa shape index (κ1) is 29.6. The van der Waals surface area contributed by atoms with Crippen LogP contribution in [0.2, 0.25) is 0 Å². The fourth-order valence-electron chi connectivity index (χ4n) is 7.32. The van der Waals surface area contributed by atoms with Crippen LogP contribution < -0.4 is 30.7 Å². The van der Waals surface area contributed by atoms with E-state index >= 15 is 4.39 Å². The predicted octanol–water partition coefficient (Wildman–Crippen LogP) is 5.04. The Bertz CT molecular complexity index is 1790. The number of halogens is 7. The molecule has 1 amide bonds. The number of nitrogens with one attached hydrogen (secondary N) is 2. The Morgan fingerprint density at radius 1 is 1.18 bits per heavy atom. The summed E-state index contributed by atoms with van der Waals surface area (Å²) in [6.07, 6.45) is -5.35. The predicted molar refractivity (Wildman–Crippen MR) is 147 cm³/mol. The Morgan fingerprint density at radius 2 is 1.91 bits per heavy atom. The summed E-state index contributed by atoms with van der Waals surface area (Å²) in [5.41, 5.74) is 3.49. The first-order chi connectivity index (χ1) is 21.0. The van der Waals surface area contributed by atoms with Crippen molar-refractivity contribution in [3.05, 3.63) is 35.0 Å². The van der Waals surface area contributed by atoms with Crippen LogP contribution in [0.25, 0.3) is 22.0 Å². The Labute approximate surface area is 251 Å². The Hall–Kier alpha value is -4.08. The lowest BCUT2D eigenvalue weighted by molar-refractivity contribution is -0.275. The molecule has 4 aliphatic rings. The van der Waals surface area contributed by atoms with Crippen molar-refractivity contribution in [2.75, 3.05) is 17.2 Å². The van der Waals surface area contributed by atoms with Gasteiger partial charge in [-0.1, -0.05) is 0 Å². The number of benzene rings is 1. The maximum atomic E-state index is 16.9. The van der Waals surface area contributed by atoms with Gasteiger partial charge in [0.2, 0.25) is 5.88 Å². The third-order valence-corrected chi connectivity index (χ3v) is 9.16. The van der Waals surface area contributed by atoms with E-state index in [4.69, 9.17) is 15.5 Å². The highest BCUT2D eigenvalue weighted by molar-refractivity contribution is 6.02. The maximum Gasteiger partial charge on any atom is 0.573 e. The molecule has 6 heterocycles. The molecule has 2 bridgehead atoms. The van der Waals surface area contributed by atoms with E-state index in [0.29, 0.717) is 12.6 Å².